The molecule has 0 aliphatic carbocycles. The summed E-state index contributed by atoms with van der Waals surface area (Å²) in [6.07, 6.45) is 3.52. The average molecular weight is 320 g/mol. The van der Waals surface area contributed by atoms with Gasteiger partial charge in [-0.25, -0.2) is 0 Å². The van der Waals surface area contributed by atoms with E-state index in [0.29, 0.717) is 0 Å². The molecule has 0 saturated carbocycles. The van der Waals surface area contributed by atoms with Gasteiger partial charge in [-0.05, 0) is 42.0 Å². The van der Waals surface area contributed by atoms with Gasteiger partial charge in [0.25, 0.3) is 5.91 Å². The Morgan fingerprint density at radius 1 is 0.833 bits per heavy atom. The number of carbonyl (C=O) groups is 1. The molecule has 1 saturated heterocycles. The van der Waals surface area contributed by atoms with Crippen LogP contribution in [-0.4, -0.2) is 28.8 Å². The van der Waals surface area contributed by atoms with Crippen LogP contribution in [0.3, 0.4) is 0 Å². The summed E-state index contributed by atoms with van der Waals surface area (Å²) in [6.45, 7) is 4.60. The van der Waals surface area contributed by atoms with E-state index in [1.807, 2.05) is 23.1 Å². The molecule has 2 aromatic rings. The standard InChI is InChI=1S/C21H24N2O/c24-21(23-12-6-1-7-13-23)20-11-5-4-10-19(20)16-22-14-17-8-2-3-9-18(17)15-22/h2-5,8-11H,1,6-7,12-16H2. The zero-order valence-corrected chi connectivity index (χ0v) is 14.1. The van der Waals surface area contributed by atoms with Gasteiger partial charge in [0.05, 0.1) is 0 Å². The zero-order chi connectivity index (χ0) is 16.4. The molecule has 0 bridgehead atoms. The van der Waals surface area contributed by atoms with Gasteiger partial charge in [0, 0.05) is 38.3 Å². The van der Waals surface area contributed by atoms with Crippen LogP contribution in [0.15, 0.2) is 48.5 Å². The van der Waals surface area contributed by atoms with Crippen molar-refractivity contribution in [3.63, 3.8) is 0 Å². The van der Waals surface area contributed by atoms with Crippen molar-refractivity contribution in [2.45, 2.75) is 38.9 Å². The van der Waals surface area contributed by atoms with Crippen molar-refractivity contribution in [1.82, 2.24) is 9.80 Å². The molecule has 0 N–H and O–H groups in total. The molecule has 0 spiro atoms. The second-order valence-corrected chi connectivity index (χ2v) is 6.92. The summed E-state index contributed by atoms with van der Waals surface area (Å²) >= 11 is 0. The van der Waals surface area contributed by atoms with E-state index in [2.05, 4.69) is 35.2 Å². The van der Waals surface area contributed by atoms with Gasteiger partial charge in [0.15, 0.2) is 0 Å². The lowest BCUT2D eigenvalue weighted by Crippen LogP contribution is -2.36. The number of benzene rings is 2. The van der Waals surface area contributed by atoms with Gasteiger partial charge in [-0.2, -0.15) is 0 Å². The van der Waals surface area contributed by atoms with Gasteiger partial charge >= 0.3 is 0 Å². The highest BCUT2D eigenvalue weighted by molar-refractivity contribution is 5.95. The van der Waals surface area contributed by atoms with Gasteiger partial charge in [0.1, 0.15) is 0 Å². The molecule has 2 heterocycles. The lowest BCUT2D eigenvalue weighted by atomic mass is 10.0. The van der Waals surface area contributed by atoms with Crippen LogP contribution in [0.4, 0.5) is 0 Å². The van der Waals surface area contributed by atoms with Crippen molar-refractivity contribution in [1.29, 1.82) is 0 Å². The number of amides is 1. The van der Waals surface area contributed by atoms with Crippen LogP contribution in [0.1, 0.15) is 46.3 Å². The van der Waals surface area contributed by atoms with Crippen molar-refractivity contribution < 1.29 is 4.79 Å². The number of likely N-dealkylation sites (tertiary alicyclic amines) is 1. The quantitative estimate of drug-likeness (QED) is 0.858. The predicted octanol–water partition coefficient (Wildman–Crippen LogP) is 3.83. The summed E-state index contributed by atoms with van der Waals surface area (Å²) in [5.74, 6) is 0.210. The van der Waals surface area contributed by atoms with Crippen LogP contribution in [-0.2, 0) is 19.6 Å². The Morgan fingerprint density at radius 3 is 2.17 bits per heavy atom. The SMILES string of the molecule is O=C(c1ccccc1CN1Cc2ccccc2C1)N1CCCCC1. The highest BCUT2D eigenvalue weighted by Crippen LogP contribution is 2.25. The number of carbonyl (C=O) groups excluding carboxylic acids is 1. The number of fused-ring (bicyclic) bond motifs is 1. The van der Waals surface area contributed by atoms with E-state index in [1.165, 1.54) is 17.5 Å². The Morgan fingerprint density at radius 2 is 1.46 bits per heavy atom. The normalized spacial score (nSPS) is 17.8. The first kappa shape index (κ1) is 15.4. The number of rotatable bonds is 3. The lowest BCUT2D eigenvalue weighted by molar-refractivity contribution is 0.0722. The molecule has 1 amide bonds. The van der Waals surface area contributed by atoms with Gasteiger partial charge in [0.2, 0.25) is 0 Å². The summed E-state index contributed by atoms with van der Waals surface area (Å²) in [5, 5.41) is 0. The molecule has 3 nitrogen and oxygen atoms in total. The summed E-state index contributed by atoms with van der Waals surface area (Å²) in [5.41, 5.74) is 4.87. The zero-order valence-electron chi connectivity index (χ0n) is 14.1. The van der Waals surface area contributed by atoms with Crippen LogP contribution in [0.5, 0.6) is 0 Å². The van der Waals surface area contributed by atoms with Crippen molar-refractivity contribution in [2.75, 3.05) is 13.1 Å². The minimum atomic E-state index is 0.210. The Hall–Kier alpha value is -2.13. The predicted molar refractivity (Wildman–Crippen MR) is 95.6 cm³/mol. The molecule has 2 aliphatic rings. The fourth-order valence-corrected chi connectivity index (χ4v) is 3.89. The number of piperidine rings is 1. The molecule has 24 heavy (non-hydrogen) atoms. The Labute approximate surface area is 143 Å². The molecule has 0 atom stereocenters. The van der Waals surface area contributed by atoms with Crippen LogP contribution in [0, 0.1) is 0 Å². The highest BCUT2D eigenvalue weighted by atomic mass is 16.2. The molecule has 1 fully saturated rings. The second-order valence-electron chi connectivity index (χ2n) is 6.92. The van der Waals surface area contributed by atoms with Crippen LogP contribution in [0.25, 0.3) is 0 Å². The summed E-state index contributed by atoms with van der Waals surface area (Å²) in [4.78, 5) is 17.4. The van der Waals surface area contributed by atoms with E-state index in [4.69, 9.17) is 0 Å². The molecule has 124 valence electrons. The van der Waals surface area contributed by atoms with E-state index in [9.17, 15) is 4.79 Å². The van der Waals surface area contributed by atoms with Crippen LogP contribution < -0.4 is 0 Å². The third-order valence-corrected chi connectivity index (χ3v) is 5.19. The fourth-order valence-electron chi connectivity index (χ4n) is 3.89. The fraction of sp³-hybridized carbons (Fsp3) is 0.381. The van der Waals surface area contributed by atoms with Gasteiger partial charge in [-0.3, -0.25) is 9.69 Å². The molecule has 0 radical (unpaired) electrons. The number of nitrogens with zero attached hydrogens (tertiary/aromatic N) is 2. The molecule has 0 unspecified atom stereocenters. The van der Waals surface area contributed by atoms with Gasteiger partial charge < -0.3 is 4.90 Å². The summed E-state index contributed by atoms with van der Waals surface area (Å²) in [6, 6.07) is 16.8. The maximum atomic E-state index is 12.9. The largest absolute Gasteiger partial charge is 0.339 e. The van der Waals surface area contributed by atoms with E-state index < -0.39 is 0 Å². The van der Waals surface area contributed by atoms with E-state index >= 15 is 0 Å². The van der Waals surface area contributed by atoms with Crippen molar-refractivity contribution >= 4 is 5.91 Å². The Bertz CT molecular complexity index is 709. The average Bonchev–Trinajstić information content (AvgIpc) is 3.04. The smallest absolute Gasteiger partial charge is 0.254 e. The van der Waals surface area contributed by atoms with Crippen molar-refractivity contribution in [3.05, 3.63) is 70.8 Å². The maximum Gasteiger partial charge on any atom is 0.254 e. The third-order valence-electron chi connectivity index (χ3n) is 5.19. The van der Waals surface area contributed by atoms with E-state index in [-0.39, 0.29) is 5.91 Å². The minimum Gasteiger partial charge on any atom is -0.339 e. The maximum absolute atomic E-state index is 12.9. The first-order chi connectivity index (χ1) is 11.8. The Balaban J connectivity index is 1.51. The first-order valence-electron chi connectivity index (χ1n) is 8.97. The summed E-state index contributed by atoms with van der Waals surface area (Å²) in [7, 11) is 0. The molecule has 3 heteroatoms. The molecule has 4 rings (SSSR count). The van der Waals surface area contributed by atoms with Gasteiger partial charge in [-0.1, -0.05) is 42.5 Å². The molecular formula is C21H24N2O. The van der Waals surface area contributed by atoms with Crippen LogP contribution in [0.2, 0.25) is 0 Å². The molecular weight excluding hydrogens is 296 g/mol. The number of hydrogen-bond acceptors (Lipinski definition) is 2. The monoisotopic (exact) mass is 320 g/mol. The highest BCUT2D eigenvalue weighted by Gasteiger charge is 2.23. The van der Waals surface area contributed by atoms with E-state index in [1.54, 1.807) is 0 Å². The third kappa shape index (κ3) is 3.09. The van der Waals surface area contributed by atoms with Crippen molar-refractivity contribution in [2.24, 2.45) is 0 Å². The first-order valence-corrected chi connectivity index (χ1v) is 8.97. The molecule has 0 aromatic heterocycles. The van der Waals surface area contributed by atoms with Crippen LogP contribution >= 0.6 is 0 Å². The lowest BCUT2D eigenvalue weighted by Gasteiger charge is -2.28. The number of hydrogen-bond donors (Lipinski definition) is 0. The second kappa shape index (κ2) is 6.78. The summed E-state index contributed by atoms with van der Waals surface area (Å²) < 4.78 is 0. The topological polar surface area (TPSA) is 23.6 Å². The van der Waals surface area contributed by atoms with Gasteiger partial charge in [-0.15, -0.1) is 0 Å². The van der Waals surface area contributed by atoms with E-state index in [0.717, 1.165) is 56.7 Å². The Kier molecular flexibility index (Phi) is 4.35. The van der Waals surface area contributed by atoms with Crippen molar-refractivity contribution in [3.8, 4) is 0 Å². The molecule has 2 aromatic carbocycles. The minimum absolute atomic E-state index is 0.210. The molecule has 2 aliphatic heterocycles.